The molecule has 2 N–H and O–H groups in total. The molecule has 2 atom stereocenters. The van der Waals surface area contributed by atoms with Gasteiger partial charge in [-0.25, -0.2) is 4.79 Å². The van der Waals surface area contributed by atoms with Crippen LogP contribution in [0.15, 0.2) is 36.4 Å². The molecule has 2 unspecified atom stereocenters. The van der Waals surface area contributed by atoms with Gasteiger partial charge in [-0.3, -0.25) is 4.79 Å². The third-order valence-electron chi connectivity index (χ3n) is 2.78. The van der Waals surface area contributed by atoms with E-state index in [2.05, 4.69) is 15.9 Å². The highest BCUT2D eigenvalue weighted by molar-refractivity contribution is 9.10. The van der Waals surface area contributed by atoms with E-state index < -0.39 is 22.2 Å². The summed E-state index contributed by atoms with van der Waals surface area (Å²) in [5.41, 5.74) is 0.962. The molecule has 0 heterocycles. The predicted octanol–water partition coefficient (Wildman–Crippen LogP) is 2.10. The number of fused-ring (bicyclic) bond motifs is 1. The van der Waals surface area contributed by atoms with Crippen molar-refractivity contribution >= 4 is 27.9 Å². The number of aliphatic carboxylic acids is 2. The van der Waals surface area contributed by atoms with E-state index in [4.69, 9.17) is 5.11 Å². The highest BCUT2D eigenvalue weighted by Crippen LogP contribution is 2.42. The molecule has 1 aromatic rings. The average molecular weight is 297 g/mol. The lowest BCUT2D eigenvalue weighted by Crippen LogP contribution is -2.32. The molecule has 5 heteroatoms. The van der Waals surface area contributed by atoms with E-state index >= 15 is 0 Å². The zero-order valence-electron chi connectivity index (χ0n) is 8.63. The van der Waals surface area contributed by atoms with E-state index in [1.54, 1.807) is 24.3 Å². The first-order valence-electron chi connectivity index (χ1n) is 4.90. The van der Waals surface area contributed by atoms with Gasteiger partial charge in [0.1, 0.15) is 5.92 Å². The second kappa shape index (κ2) is 4.00. The van der Waals surface area contributed by atoms with Gasteiger partial charge in [0, 0.05) is 0 Å². The zero-order chi connectivity index (χ0) is 12.6. The number of rotatable bonds is 2. The van der Waals surface area contributed by atoms with Crippen molar-refractivity contribution in [3.8, 4) is 0 Å². The Bertz CT molecular complexity index is 523. The van der Waals surface area contributed by atoms with Crippen molar-refractivity contribution in [2.24, 2.45) is 0 Å². The van der Waals surface area contributed by atoms with E-state index in [1.165, 1.54) is 12.2 Å². The summed E-state index contributed by atoms with van der Waals surface area (Å²) in [6, 6.07) is 6.65. The Morgan fingerprint density at radius 1 is 1.24 bits per heavy atom. The first kappa shape index (κ1) is 11.9. The van der Waals surface area contributed by atoms with E-state index in [9.17, 15) is 14.7 Å². The topological polar surface area (TPSA) is 74.6 Å². The van der Waals surface area contributed by atoms with Crippen LogP contribution in [0.4, 0.5) is 0 Å². The molecule has 1 aliphatic rings. The van der Waals surface area contributed by atoms with Gasteiger partial charge in [0.25, 0.3) is 0 Å². The molecular formula is C12H9BrO4. The molecular weight excluding hydrogens is 288 g/mol. The van der Waals surface area contributed by atoms with Gasteiger partial charge in [0.15, 0.2) is 4.32 Å². The Balaban J connectivity index is 2.65. The van der Waals surface area contributed by atoms with Gasteiger partial charge >= 0.3 is 11.9 Å². The Morgan fingerprint density at radius 3 is 2.47 bits per heavy atom. The lowest BCUT2D eigenvalue weighted by molar-refractivity contribution is -0.140. The normalized spacial score (nSPS) is 26.3. The molecule has 0 aromatic heterocycles. The maximum Gasteiger partial charge on any atom is 0.328 e. The summed E-state index contributed by atoms with van der Waals surface area (Å²) >= 11 is 3.16. The van der Waals surface area contributed by atoms with Crippen LogP contribution in [-0.2, 0) is 13.9 Å². The standard InChI is InChI=1S/C12H9BrO4/c13-12(11(16)17)6-5-8(10(14)15)7-3-1-2-4-9(7)12/h1-6,8H,(H,14,15)(H,16,17). The Labute approximate surface area is 106 Å². The summed E-state index contributed by atoms with van der Waals surface area (Å²) in [5, 5.41) is 18.3. The number of carbonyl (C=O) groups is 2. The van der Waals surface area contributed by atoms with Crippen LogP contribution in [-0.4, -0.2) is 22.2 Å². The van der Waals surface area contributed by atoms with Gasteiger partial charge in [-0.05, 0) is 11.1 Å². The second-order valence-electron chi connectivity index (χ2n) is 3.78. The van der Waals surface area contributed by atoms with E-state index in [1.807, 2.05) is 0 Å². The highest BCUT2D eigenvalue weighted by atomic mass is 79.9. The van der Waals surface area contributed by atoms with Crippen LogP contribution in [0.3, 0.4) is 0 Å². The Hall–Kier alpha value is -1.62. The lowest BCUT2D eigenvalue weighted by Gasteiger charge is -2.28. The summed E-state index contributed by atoms with van der Waals surface area (Å²) < 4.78 is -1.34. The zero-order valence-corrected chi connectivity index (χ0v) is 10.2. The van der Waals surface area contributed by atoms with Crippen LogP contribution >= 0.6 is 15.9 Å². The minimum atomic E-state index is -1.34. The van der Waals surface area contributed by atoms with E-state index in [0.29, 0.717) is 11.1 Å². The molecule has 0 fully saturated rings. The van der Waals surface area contributed by atoms with Crippen molar-refractivity contribution in [2.75, 3.05) is 0 Å². The predicted molar refractivity (Wildman–Crippen MR) is 64.2 cm³/mol. The molecule has 88 valence electrons. The molecule has 0 radical (unpaired) electrons. The third-order valence-corrected chi connectivity index (χ3v) is 3.81. The number of carboxylic acids is 2. The van der Waals surface area contributed by atoms with E-state index in [0.717, 1.165) is 0 Å². The number of alkyl halides is 1. The van der Waals surface area contributed by atoms with Crippen LogP contribution in [0.2, 0.25) is 0 Å². The molecule has 0 saturated heterocycles. The van der Waals surface area contributed by atoms with Gasteiger partial charge < -0.3 is 10.2 Å². The van der Waals surface area contributed by atoms with Crippen molar-refractivity contribution in [1.82, 2.24) is 0 Å². The number of hydrogen-bond donors (Lipinski definition) is 2. The Morgan fingerprint density at radius 2 is 1.88 bits per heavy atom. The summed E-state index contributed by atoms with van der Waals surface area (Å²) in [6.07, 6.45) is 2.77. The molecule has 1 aliphatic carbocycles. The number of hydrogen-bond acceptors (Lipinski definition) is 2. The summed E-state index contributed by atoms with van der Waals surface area (Å²) in [4.78, 5) is 22.4. The quantitative estimate of drug-likeness (QED) is 0.647. The third kappa shape index (κ3) is 1.76. The lowest BCUT2D eigenvalue weighted by atomic mass is 9.81. The second-order valence-corrected chi connectivity index (χ2v) is 5.03. The van der Waals surface area contributed by atoms with Crippen LogP contribution in [0.25, 0.3) is 0 Å². The van der Waals surface area contributed by atoms with Crippen molar-refractivity contribution < 1.29 is 19.8 Å². The average Bonchev–Trinajstić information content (AvgIpc) is 2.29. The fraction of sp³-hybridized carbons (Fsp3) is 0.167. The Kier molecular flexibility index (Phi) is 2.79. The molecule has 1 aromatic carbocycles. The van der Waals surface area contributed by atoms with Crippen LogP contribution in [0, 0.1) is 0 Å². The largest absolute Gasteiger partial charge is 0.481 e. The highest BCUT2D eigenvalue weighted by Gasteiger charge is 2.41. The van der Waals surface area contributed by atoms with Crippen LogP contribution in [0.5, 0.6) is 0 Å². The maximum absolute atomic E-state index is 11.3. The van der Waals surface area contributed by atoms with Gasteiger partial charge in [0.2, 0.25) is 0 Å². The smallest absolute Gasteiger partial charge is 0.328 e. The molecule has 2 rings (SSSR count). The van der Waals surface area contributed by atoms with Gasteiger partial charge in [-0.2, -0.15) is 0 Å². The summed E-state index contributed by atoms with van der Waals surface area (Å²) in [6.45, 7) is 0. The molecule has 0 spiro atoms. The summed E-state index contributed by atoms with van der Waals surface area (Å²) in [5.74, 6) is -2.85. The van der Waals surface area contributed by atoms with Crippen molar-refractivity contribution in [1.29, 1.82) is 0 Å². The number of benzene rings is 1. The molecule has 0 amide bonds. The first-order valence-corrected chi connectivity index (χ1v) is 5.70. The maximum atomic E-state index is 11.3. The molecule has 0 saturated carbocycles. The van der Waals surface area contributed by atoms with Crippen molar-refractivity contribution in [2.45, 2.75) is 10.2 Å². The van der Waals surface area contributed by atoms with Crippen molar-refractivity contribution in [3.63, 3.8) is 0 Å². The fourth-order valence-corrected chi connectivity index (χ4v) is 2.44. The van der Waals surface area contributed by atoms with Gasteiger partial charge in [-0.1, -0.05) is 52.3 Å². The molecule has 4 nitrogen and oxygen atoms in total. The molecule has 17 heavy (non-hydrogen) atoms. The molecule has 0 aliphatic heterocycles. The van der Waals surface area contributed by atoms with Crippen LogP contribution in [0.1, 0.15) is 17.0 Å². The minimum absolute atomic E-state index is 0.461. The number of halogens is 1. The fourth-order valence-electron chi connectivity index (χ4n) is 1.92. The summed E-state index contributed by atoms with van der Waals surface area (Å²) in [7, 11) is 0. The van der Waals surface area contributed by atoms with Crippen molar-refractivity contribution in [3.05, 3.63) is 47.5 Å². The first-order chi connectivity index (χ1) is 7.97. The molecule has 0 bridgehead atoms. The monoisotopic (exact) mass is 296 g/mol. The number of carboxylic acid groups (broad SMARTS) is 2. The minimum Gasteiger partial charge on any atom is -0.481 e. The van der Waals surface area contributed by atoms with Gasteiger partial charge in [-0.15, -0.1) is 0 Å². The van der Waals surface area contributed by atoms with Gasteiger partial charge in [0.05, 0.1) is 0 Å². The van der Waals surface area contributed by atoms with E-state index in [-0.39, 0.29) is 0 Å². The SMILES string of the molecule is O=C(O)C1C=CC(Br)(C(=O)O)c2ccccc21. The van der Waals surface area contributed by atoms with Crippen LogP contribution < -0.4 is 0 Å².